The second-order valence-electron chi connectivity index (χ2n) is 4.18. The van der Waals surface area contributed by atoms with Gasteiger partial charge in [-0.2, -0.15) is 5.26 Å². The van der Waals surface area contributed by atoms with Gasteiger partial charge in [-0.25, -0.2) is 0 Å². The Kier molecular flexibility index (Phi) is 4.19. The van der Waals surface area contributed by atoms with Crippen LogP contribution in [0.4, 0.5) is 5.69 Å². The molecule has 1 amide bonds. The van der Waals surface area contributed by atoms with Crippen LogP contribution in [0.1, 0.15) is 18.4 Å². The number of halogens is 1. The van der Waals surface area contributed by atoms with Gasteiger partial charge in [-0.05, 0) is 31.0 Å². The number of benzene rings is 1. The number of hydrogen-bond donors (Lipinski definition) is 1. The summed E-state index contributed by atoms with van der Waals surface area (Å²) in [5.41, 5.74) is 1.02. The molecule has 1 heterocycles. The van der Waals surface area contributed by atoms with Gasteiger partial charge in [0.05, 0.1) is 22.3 Å². The number of rotatable bonds is 2. The first-order chi connectivity index (χ1) is 8.70. The van der Waals surface area contributed by atoms with E-state index in [2.05, 4.69) is 5.32 Å². The van der Waals surface area contributed by atoms with Crippen molar-refractivity contribution in [1.82, 2.24) is 0 Å². The quantitative estimate of drug-likeness (QED) is 0.893. The van der Waals surface area contributed by atoms with Gasteiger partial charge >= 0.3 is 0 Å². The van der Waals surface area contributed by atoms with Gasteiger partial charge in [0.15, 0.2) is 0 Å². The van der Waals surface area contributed by atoms with Crippen molar-refractivity contribution < 1.29 is 9.53 Å². The summed E-state index contributed by atoms with van der Waals surface area (Å²) in [7, 11) is 0. The van der Waals surface area contributed by atoms with Crippen molar-refractivity contribution in [2.75, 3.05) is 18.5 Å². The van der Waals surface area contributed by atoms with Crippen LogP contribution in [0, 0.1) is 17.2 Å². The van der Waals surface area contributed by atoms with Crippen molar-refractivity contribution in [3.63, 3.8) is 0 Å². The minimum atomic E-state index is -0.0371. The SMILES string of the molecule is N#Cc1ccc(NC(=O)C2CCOCC2)c(Cl)c1. The number of anilines is 1. The monoisotopic (exact) mass is 264 g/mol. The second-order valence-corrected chi connectivity index (χ2v) is 4.59. The molecule has 1 fully saturated rings. The zero-order valence-electron chi connectivity index (χ0n) is 9.78. The average molecular weight is 265 g/mol. The lowest BCUT2D eigenvalue weighted by atomic mass is 9.99. The van der Waals surface area contributed by atoms with Gasteiger partial charge in [0, 0.05) is 19.1 Å². The standard InChI is InChI=1S/C13H13ClN2O2/c14-11-7-9(8-15)1-2-12(11)16-13(17)10-3-5-18-6-4-10/h1-2,7,10H,3-6H2,(H,16,17). The molecule has 4 nitrogen and oxygen atoms in total. The fraction of sp³-hybridized carbons (Fsp3) is 0.385. The van der Waals surface area contributed by atoms with Gasteiger partial charge in [-0.3, -0.25) is 4.79 Å². The summed E-state index contributed by atoms with van der Waals surface area (Å²) in [6.07, 6.45) is 1.47. The van der Waals surface area contributed by atoms with E-state index in [0.29, 0.717) is 29.5 Å². The molecule has 2 rings (SSSR count). The number of carbonyl (C=O) groups excluding carboxylic acids is 1. The molecule has 0 aromatic heterocycles. The van der Waals surface area contributed by atoms with Gasteiger partial charge in [0.1, 0.15) is 0 Å². The molecule has 1 aliphatic heterocycles. The molecule has 0 bridgehead atoms. The highest BCUT2D eigenvalue weighted by atomic mass is 35.5. The zero-order valence-corrected chi connectivity index (χ0v) is 10.5. The molecule has 94 valence electrons. The van der Waals surface area contributed by atoms with E-state index < -0.39 is 0 Å². The molecule has 18 heavy (non-hydrogen) atoms. The smallest absolute Gasteiger partial charge is 0.227 e. The number of nitriles is 1. The Morgan fingerprint density at radius 2 is 2.17 bits per heavy atom. The molecule has 1 saturated heterocycles. The van der Waals surface area contributed by atoms with E-state index in [9.17, 15) is 4.79 Å². The van der Waals surface area contributed by atoms with Crippen molar-refractivity contribution in [1.29, 1.82) is 5.26 Å². The van der Waals surface area contributed by atoms with Crippen LogP contribution in [0.3, 0.4) is 0 Å². The summed E-state index contributed by atoms with van der Waals surface area (Å²) >= 11 is 6.00. The van der Waals surface area contributed by atoms with Crippen molar-refractivity contribution in [3.05, 3.63) is 28.8 Å². The van der Waals surface area contributed by atoms with Crippen LogP contribution in [0.25, 0.3) is 0 Å². The molecule has 0 unspecified atom stereocenters. The van der Waals surface area contributed by atoms with E-state index in [1.54, 1.807) is 18.2 Å². The van der Waals surface area contributed by atoms with E-state index in [4.69, 9.17) is 21.6 Å². The van der Waals surface area contributed by atoms with Gasteiger partial charge in [0.25, 0.3) is 0 Å². The van der Waals surface area contributed by atoms with Gasteiger partial charge in [-0.1, -0.05) is 11.6 Å². The van der Waals surface area contributed by atoms with Gasteiger partial charge < -0.3 is 10.1 Å². The Morgan fingerprint density at radius 3 is 2.78 bits per heavy atom. The molecule has 0 aliphatic carbocycles. The molecule has 0 saturated carbocycles. The normalized spacial score (nSPS) is 16.0. The number of hydrogen-bond acceptors (Lipinski definition) is 3. The molecule has 1 aliphatic rings. The Morgan fingerprint density at radius 1 is 1.44 bits per heavy atom. The maximum Gasteiger partial charge on any atom is 0.227 e. The average Bonchev–Trinajstić information content (AvgIpc) is 2.42. The fourth-order valence-electron chi connectivity index (χ4n) is 1.88. The summed E-state index contributed by atoms with van der Waals surface area (Å²) < 4.78 is 5.21. The first-order valence-electron chi connectivity index (χ1n) is 5.79. The molecule has 1 aromatic rings. The van der Waals surface area contributed by atoms with Crippen LogP contribution in [0.15, 0.2) is 18.2 Å². The third-order valence-electron chi connectivity index (χ3n) is 2.95. The Bertz CT molecular complexity index is 490. The highest BCUT2D eigenvalue weighted by Crippen LogP contribution is 2.24. The number of carbonyl (C=O) groups is 1. The minimum Gasteiger partial charge on any atom is -0.381 e. The van der Waals surface area contributed by atoms with Crippen LogP contribution in [-0.4, -0.2) is 19.1 Å². The lowest BCUT2D eigenvalue weighted by Gasteiger charge is -2.21. The number of nitrogens with zero attached hydrogens (tertiary/aromatic N) is 1. The molecule has 0 spiro atoms. The van der Waals surface area contributed by atoms with Gasteiger partial charge in [0.2, 0.25) is 5.91 Å². The van der Waals surface area contributed by atoms with Crippen LogP contribution >= 0.6 is 11.6 Å². The Balaban J connectivity index is 2.04. The lowest BCUT2D eigenvalue weighted by molar-refractivity contribution is -0.122. The third-order valence-corrected chi connectivity index (χ3v) is 3.26. The molecule has 5 heteroatoms. The lowest BCUT2D eigenvalue weighted by Crippen LogP contribution is -2.28. The predicted molar refractivity (Wildman–Crippen MR) is 68.3 cm³/mol. The van der Waals surface area contributed by atoms with Crippen LogP contribution in [0.5, 0.6) is 0 Å². The summed E-state index contributed by atoms with van der Waals surface area (Å²) in [6, 6.07) is 6.82. The van der Waals surface area contributed by atoms with Crippen molar-refractivity contribution in [2.45, 2.75) is 12.8 Å². The first kappa shape index (κ1) is 12.9. The summed E-state index contributed by atoms with van der Waals surface area (Å²) in [6.45, 7) is 1.25. The summed E-state index contributed by atoms with van der Waals surface area (Å²) in [5.74, 6) is -0.0598. The predicted octanol–water partition coefficient (Wildman–Crippen LogP) is 2.58. The number of nitrogens with one attached hydrogen (secondary N) is 1. The third kappa shape index (κ3) is 3.00. The second kappa shape index (κ2) is 5.85. The topological polar surface area (TPSA) is 62.1 Å². The van der Waals surface area contributed by atoms with E-state index in [1.165, 1.54) is 0 Å². The zero-order chi connectivity index (χ0) is 13.0. The molecule has 0 atom stereocenters. The highest BCUT2D eigenvalue weighted by molar-refractivity contribution is 6.33. The molecular weight excluding hydrogens is 252 g/mol. The summed E-state index contributed by atoms with van der Waals surface area (Å²) in [4.78, 5) is 12.0. The largest absolute Gasteiger partial charge is 0.381 e. The molecular formula is C13H13ClN2O2. The van der Waals surface area contributed by atoms with E-state index in [-0.39, 0.29) is 11.8 Å². The highest BCUT2D eigenvalue weighted by Gasteiger charge is 2.22. The molecule has 1 N–H and O–H groups in total. The first-order valence-corrected chi connectivity index (χ1v) is 6.17. The Labute approximate surface area is 111 Å². The van der Waals surface area contributed by atoms with Crippen molar-refractivity contribution in [2.24, 2.45) is 5.92 Å². The van der Waals surface area contributed by atoms with Gasteiger partial charge in [-0.15, -0.1) is 0 Å². The van der Waals surface area contributed by atoms with E-state index in [1.807, 2.05) is 6.07 Å². The molecule has 0 radical (unpaired) electrons. The minimum absolute atomic E-state index is 0.0227. The van der Waals surface area contributed by atoms with Crippen LogP contribution in [-0.2, 0) is 9.53 Å². The number of amides is 1. The fourth-order valence-corrected chi connectivity index (χ4v) is 2.11. The summed E-state index contributed by atoms with van der Waals surface area (Å²) in [5, 5.41) is 11.9. The van der Waals surface area contributed by atoms with E-state index >= 15 is 0 Å². The number of ether oxygens (including phenoxy) is 1. The van der Waals surface area contributed by atoms with Crippen LogP contribution in [0.2, 0.25) is 5.02 Å². The van der Waals surface area contributed by atoms with E-state index in [0.717, 1.165) is 12.8 Å². The molecule has 1 aromatic carbocycles. The van der Waals surface area contributed by atoms with Crippen molar-refractivity contribution in [3.8, 4) is 6.07 Å². The van der Waals surface area contributed by atoms with Crippen LogP contribution < -0.4 is 5.32 Å². The maximum atomic E-state index is 12.0. The van der Waals surface area contributed by atoms with Crippen molar-refractivity contribution >= 4 is 23.2 Å². The maximum absolute atomic E-state index is 12.0. The Hall–Kier alpha value is -1.57.